The van der Waals surface area contributed by atoms with Crippen LogP contribution in [0.1, 0.15) is 19.3 Å². The molecule has 0 saturated carbocycles. The van der Waals surface area contributed by atoms with E-state index in [0.717, 1.165) is 23.6 Å². The molecular weight excluding hydrogens is 285 g/mol. The molecule has 1 aliphatic heterocycles. The van der Waals surface area contributed by atoms with E-state index in [2.05, 4.69) is 0 Å². The molecule has 0 N–H and O–H groups in total. The molecule has 0 aromatic heterocycles. The number of benzene rings is 1. The van der Waals surface area contributed by atoms with Crippen molar-refractivity contribution in [2.45, 2.75) is 24.2 Å². The Balaban J connectivity index is 2.27. The topological polar surface area (TPSA) is 37.4 Å². The molecule has 1 saturated heterocycles. The number of rotatable bonds is 2. The standard InChI is InChI=1S/C11H16AsNO2S/c12-10-4-6-11(7-5-10)16(14,15)13-8-2-1-3-9-13/h4-7H,1-3,8-9,12H2. The van der Waals surface area contributed by atoms with Gasteiger partial charge in [-0.3, -0.25) is 0 Å². The van der Waals surface area contributed by atoms with Crippen LogP contribution < -0.4 is 4.35 Å². The van der Waals surface area contributed by atoms with Gasteiger partial charge < -0.3 is 0 Å². The van der Waals surface area contributed by atoms with Crippen molar-refractivity contribution < 1.29 is 8.42 Å². The predicted molar refractivity (Wildman–Crippen MR) is 67.2 cm³/mol. The van der Waals surface area contributed by atoms with Crippen molar-refractivity contribution in [3.63, 3.8) is 0 Å². The Bertz CT molecular complexity index is 449. The zero-order chi connectivity index (χ0) is 11.6. The van der Waals surface area contributed by atoms with Gasteiger partial charge >= 0.3 is 105 Å². The summed E-state index contributed by atoms with van der Waals surface area (Å²) in [5.74, 6) is 0. The van der Waals surface area contributed by atoms with Crippen LogP contribution in [0, 0.1) is 0 Å². The molecular formula is C11H16AsNO2S. The molecule has 3 nitrogen and oxygen atoms in total. The average Bonchev–Trinajstić information content (AvgIpc) is 2.31. The van der Waals surface area contributed by atoms with Crippen LogP contribution in [0.4, 0.5) is 0 Å². The monoisotopic (exact) mass is 301 g/mol. The van der Waals surface area contributed by atoms with Gasteiger partial charge in [-0.1, -0.05) is 0 Å². The molecule has 1 aliphatic rings. The van der Waals surface area contributed by atoms with Crippen molar-refractivity contribution in [1.29, 1.82) is 0 Å². The van der Waals surface area contributed by atoms with Gasteiger partial charge in [0.1, 0.15) is 0 Å². The molecule has 1 aromatic carbocycles. The van der Waals surface area contributed by atoms with Gasteiger partial charge in [0.2, 0.25) is 0 Å². The van der Waals surface area contributed by atoms with Crippen LogP contribution in [0.5, 0.6) is 0 Å². The molecule has 16 heavy (non-hydrogen) atoms. The molecule has 1 unspecified atom stereocenters. The molecule has 0 aliphatic carbocycles. The molecule has 0 radical (unpaired) electrons. The van der Waals surface area contributed by atoms with Crippen LogP contribution in [-0.4, -0.2) is 42.7 Å². The summed E-state index contributed by atoms with van der Waals surface area (Å²) in [5, 5.41) is 0. The maximum absolute atomic E-state index is 12.2. The number of hydrogen-bond donors (Lipinski definition) is 0. The predicted octanol–water partition coefficient (Wildman–Crippen LogP) is 0.120. The fourth-order valence-electron chi connectivity index (χ4n) is 1.89. The van der Waals surface area contributed by atoms with Gasteiger partial charge in [0, 0.05) is 0 Å². The van der Waals surface area contributed by atoms with E-state index in [0.29, 0.717) is 18.0 Å². The van der Waals surface area contributed by atoms with E-state index in [1.54, 1.807) is 16.4 Å². The summed E-state index contributed by atoms with van der Waals surface area (Å²) in [6.07, 6.45) is 3.10. The maximum atomic E-state index is 12.2. The fraction of sp³-hybridized carbons (Fsp3) is 0.455. The van der Waals surface area contributed by atoms with E-state index in [9.17, 15) is 8.42 Å². The van der Waals surface area contributed by atoms with Gasteiger partial charge in [-0.25, -0.2) is 0 Å². The van der Waals surface area contributed by atoms with E-state index in [-0.39, 0.29) is 0 Å². The Kier molecular flexibility index (Phi) is 3.73. The summed E-state index contributed by atoms with van der Waals surface area (Å²) >= 11 is 1.51. The van der Waals surface area contributed by atoms with Crippen molar-refractivity contribution >= 4 is 31.2 Å². The third-order valence-electron chi connectivity index (χ3n) is 2.83. The first-order valence-corrected chi connectivity index (χ1v) is 8.11. The summed E-state index contributed by atoms with van der Waals surface area (Å²) < 4.78 is 27.2. The quantitative estimate of drug-likeness (QED) is 0.728. The Labute approximate surface area is 105 Å². The molecule has 2 rings (SSSR count). The Morgan fingerprint density at radius 2 is 1.56 bits per heavy atom. The van der Waals surface area contributed by atoms with Gasteiger partial charge in [0.25, 0.3) is 0 Å². The van der Waals surface area contributed by atoms with E-state index in [1.807, 2.05) is 12.1 Å². The minimum absolute atomic E-state index is 0.427. The molecule has 1 aromatic rings. The first-order chi connectivity index (χ1) is 7.60. The molecule has 88 valence electrons. The first kappa shape index (κ1) is 12.2. The Hall–Kier alpha value is -0.312. The van der Waals surface area contributed by atoms with Gasteiger partial charge in [0.15, 0.2) is 0 Å². The number of sulfonamides is 1. The summed E-state index contributed by atoms with van der Waals surface area (Å²) in [5.41, 5.74) is 0. The third-order valence-corrected chi connectivity index (χ3v) is 5.55. The van der Waals surface area contributed by atoms with Crippen LogP contribution in [-0.2, 0) is 10.0 Å². The summed E-state index contributed by atoms with van der Waals surface area (Å²) in [4.78, 5) is 0.427. The van der Waals surface area contributed by atoms with Crippen LogP contribution in [0.3, 0.4) is 0 Å². The van der Waals surface area contributed by atoms with Gasteiger partial charge in [0.05, 0.1) is 0 Å². The van der Waals surface area contributed by atoms with Crippen molar-refractivity contribution in [1.82, 2.24) is 4.31 Å². The summed E-state index contributed by atoms with van der Waals surface area (Å²) in [7, 11) is -3.24. The molecule has 0 bridgehead atoms. The van der Waals surface area contributed by atoms with Crippen molar-refractivity contribution in [2.75, 3.05) is 13.1 Å². The fourth-order valence-corrected chi connectivity index (χ4v) is 3.81. The van der Waals surface area contributed by atoms with E-state index in [1.165, 1.54) is 16.9 Å². The third kappa shape index (κ3) is 2.50. The molecule has 0 spiro atoms. The van der Waals surface area contributed by atoms with Crippen LogP contribution >= 0.6 is 0 Å². The number of hydrogen-bond acceptors (Lipinski definition) is 2. The second kappa shape index (κ2) is 4.90. The van der Waals surface area contributed by atoms with Crippen molar-refractivity contribution in [3.8, 4) is 0 Å². The van der Waals surface area contributed by atoms with Gasteiger partial charge in [-0.15, -0.1) is 0 Å². The Morgan fingerprint density at radius 3 is 2.12 bits per heavy atom. The van der Waals surface area contributed by atoms with Crippen molar-refractivity contribution in [3.05, 3.63) is 24.3 Å². The zero-order valence-electron chi connectivity index (χ0n) is 9.09. The molecule has 0 amide bonds. The zero-order valence-corrected chi connectivity index (χ0v) is 12.3. The SMILES string of the molecule is O=S(=O)(c1ccc([AsH2])cc1)N1CCCCC1. The van der Waals surface area contributed by atoms with Gasteiger partial charge in [-0.2, -0.15) is 0 Å². The molecule has 1 atom stereocenters. The summed E-state index contributed by atoms with van der Waals surface area (Å²) in [6.45, 7) is 1.33. The van der Waals surface area contributed by atoms with E-state index in [4.69, 9.17) is 0 Å². The number of nitrogens with zero attached hydrogens (tertiary/aromatic N) is 1. The first-order valence-electron chi connectivity index (χ1n) is 5.46. The van der Waals surface area contributed by atoms with E-state index < -0.39 is 10.0 Å². The minimum atomic E-state index is -3.24. The molecule has 5 heteroatoms. The summed E-state index contributed by atoms with van der Waals surface area (Å²) in [6, 6.07) is 7.16. The normalized spacial score (nSPS) is 18.6. The van der Waals surface area contributed by atoms with Crippen LogP contribution in [0.15, 0.2) is 29.2 Å². The van der Waals surface area contributed by atoms with Crippen molar-refractivity contribution in [2.24, 2.45) is 0 Å². The molecule has 1 heterocycles. The average molecular weight is 301 g/mol. The number of piperidine rings is 1. The second-order valence-electron chi connectivity index (χ2n) is 4.03. The second-order valence-corrected chi connectivity index (χ2v) is 7.37. The van der Waals surface area contributed by atoms with E-state index >= 15 is 0 Å². The van der Waals surface area contributed by atoms with Gasteiger partial charge in [-0.05, 0) is 0 Å². The Morgan fingerprint density at radius 1 is 1.00 bits per heavy atom. The van der Waals surface area contributed by atoms with Crippen LogP contribution in [0.2, 0.25) is 0 Å². The van der Waals surface area contributed by atoms with Crippen LogP contribution in [0.25, 0.3) is 0 Å². The molecule has 1 fully saturated rings.